The van der Waals surface area contributed by atoms with E-state index in [1.165, 1.54) is 10.9 Å². The van der Waals surface area contributed by atoms with Gasteiger partial charge in [0.2, 0.25) is 0 Å². The minimum absolute atomic E-state index is 0.0941. The van der Waals surface area contributed by atoms with Gasteiger partial charge in [-0.3, -0.25) is 0 Å². The molecule has 2 aromatic carbocycles. The van der Waals surface area contributed by atoms with Crippen LogP contribution in [0.3, 0.4) is 0 Å². The van der Waals surface area contributed by atoms with Crippen LogP contribution in [0, 0.1) is 6.92 Å². The predicted molar refractivity (Wildman–Crippen MR) is 83.3 cm³/mol. The number of para-hydroxylation sites is 1. The van der Waals surface area contributed by atoms with Gasteiger partial charge < -0.3 is 9.72 Å². The van der Waals surface area contributed by atoms with Gasteiger partial charge in [-0.1, -0.05) is 41.9 Å². The van der Waals surface area contributed by atoms with E-state index in [9.17, 15) is 0 Å². The van der Waals surface area contributed by atoms with Crippen molar-refractivity contribution in [1.29, 1.82) is 0 Å². The number of H-pyrrole nitrogens is 1. The maximum absolute atomic E-state index is 5.96. The Morgan fingerprint density at radius 3 is 2.45 bits per heavy atom. The van der Waals surface area contributed by atoms with E-state index in [1.54, 1.807) is 7.11 Å². The number of aromatic nitrogens is 1. The molecular formula is C17H16ClNO. The summed E-state index contributed by atoms with van der Waals surface area (Å²) in [5.41, 5.74) is 4.55. The molecule has 0 fully saturated rings. The molecule has 1 atom stereocenters. The average Bonchev–Trinajstić information content (AvgIpc) is 2.79. The number of hydrogen-bond acceptors (Lipinski definition) is 1. The molecule has 102 valence electrons. The topological polar surface area (TPSA) is 25.0 Å². The zero-order chi connectivity index (χ0) is 14.1. The lowest BCUT2D eigenvalue weighted by atomic mass is 9.98. The van der Waals surface area contributed by atoms with Gasteiger partial charge in [-0.05, 0) is 30.7 Å². The minimum atomic E-state index is -0.0941. The number of ether oxygens (including phenoxy) is 1. The van der Waals surface area contributed by atoms with Gasteiger partial charge in [-0.15, -0.1) is 0 Å². The van der Waals surface area contributed by atoms with Crippen molar-refractivity contribution in [1.82, 2.24) is 4.98 Å². The third kappa shape index (κ3) is 2.21. The number of aryl methyl sites for hydroxylation is 1. The lowest BCUT2D eigenvalue weighted by molar-refractivity contribution is 0.137. The summed E-state index contributed by atoms with van der Waals surface area (Å²) in [6, 6.07) is 16.1. The fourth-order valence-electron chi connectivity index (χ4n) is 2.69. The Balaban J connectivity index is 2.16. The molecule has 3 heteroatoms. The smallest absolute Gasteiger partial charge is 0.109 e. The highest BCUT2D eigenvalue weighted by molar-refractivity contribution is 6.30. The molecule has 3 aromatic rings. The Kier molecular flexibility index (Phi) is 3.51. The molecule has 0 aliphatic heterocycles. The van der Waals surface area contributed by atoms with E-state index in [0.717, 1.165) is 21.8 Å². The summed E-state index contributed by atoms with van der Waals surface area (Å²) in [5.74, 6) is 0. The van der Waals surface area contributed by atoms with Crippen molar-refractivity contribution in [3.63, 3.8) is 0 Å². The second-order valence-corrected chi connectivity index (χ2v) is 5.31. The summed E-state index contributed by atoms with van der Waals surface area (Å²) in [7, 11) is 1.74. The Labute approximate surface area is 123 Å². The number of rotatable bonds is 3. The number of halogens is 1. The lowest BCUT2D eigenvalue weighted by Gasteiger charge is -2.17. The maximum atomic E-state index is 5.96. The van der Waals surface area contributed by atoms with E-state index in [-0.39, 0.29) is 6.10 Å². The number of fused-ring (bicyclic) bond motifs is 1. The fourth-order valence-corrected chi connectivity index (χ4v) is 2.82. The maximum Gasteiger partial charge on any atom is 0.109 e. The summed E-state index contributed by atoms with van der Waals surface area (Å²) >= 11 is 5.96. The summed E-state index contributed by atoms with van der Waals surface area (Å²) < 4.78 is 5.75. The SMILES string of the molecule is COC(c1ccc(Cl)cc1)c1c(C)[nH]c2ccccc12. The molecule has 1 heterocycles. The van der Waals surface area contributed by atoms with Crippen LogP contribution in [0.25, 0.3) is 10.9 Å². The molecule has 20 heavy (non-hydrogen) atoms. The second kappa shape index (κ2) is 5.31. The first-order chi connectivity index (χ1) is 9.70. The molecule has 0 aliphatic carbocycles. The second-order valence-electron chi connectivity index (χ2n) is 4.88. The third-order valence-corrected chi connectivity index (χ3v) is 3.87. The molecule has 0 saturated carbocycles. The third-order valence-electron chi connectivity index (χ3n) is 3.61. The average molecular weight is 286 g/mol. The Bertz CT molecular complexity index is 730. The zero-order valence-corrected chi connectivity index (χ0v) is 12.2. The van der Waals surface area contributed by atoms with E-state index < -0.39 is 0 Å². The molecule has 1 unspecified atom stereocenters. The Morgan fingerprint density at radius 1 is 1.05 bits per heavy atom. The number of benzene rings is 2. The molecule has 1 aromatic heterocycles. The van der Waals surface area contributed by atoms with E-state index in [4.69, 9.17) is 16.3 Å². The predicted octanol–water partition coefficient (Wildman–Crippen LogP) is 4.87. The first kappa shape index (κ1) is 13.2. The van der Waals surface area contributed by atoms with Crippen molar-refractivity contribution >= 4 is 22.5 Å². The van der Waals surface area contributed by atoms with Crippen LogP contribution >= 0.6 is 11.6 Å². The highest BCUT2D eigenvalue weighted by atomic mass is 35.5. The van der Waals surface area contributed by atoms with E-state index in [1.807, 2.05) is 36.4 Å². The standard InChI is InChI=1S/C17H16ClNO/c1-11-16(14-5-3-4-6-15(14)19-11)17(20-2)12-7-9-13(18)10-8-12/h3-10,17,19H,1-2H3. The van der Waals surface area contributed by atoms with Gasteiger partial charge in [0.25, 0.3) is 0 Å². The van der Waals surface area contributed by atoms with Gasteiger partial charge in [0.05, 0.1) is 0 Å². The zero-order valence-electron chi connectivity index (χ0n) is 11.5. The largest absolute Gasteiger partial charge is 0.372 e. The monoisotopic (exact) mass is 285 g/mol. The van der Waals surface area contributed by atoms with Crippen LogP contribution in [-0.4, -0.2) is 12.1 Å². The van der Waals surface area contributed by atoms with Crippen LogP contribution in [0.2, 0.25) is 5.02 Å². The van der Waals surface area contributed by atoms with Crippen LogP contribution < -0.4 is 0 Å². The molecular weight excluding hydrogens is 270 g/mol. The number of nitrogens with one attached hydrogen (secondary N) is 1. The van der Waals surface area contributed by atoms with Crippen molar-refractivity contribution in [2.24, 2.45) is 0 Å². The van der Waals surface area contributed by atoms with E-state index >= 15 is 0 Å². The first-order valence-corrected chi connectivity index (χ1v) is 6.94. The molecule has 0 radical (unpaired) electrons. The summed E-state index contributed by atoms with van der Waals surface area (Å²) in [6.45, 7) is 2.08. The molecule has 1 N–H and O–H groups in total. The van der Waals surface area contributed by atoms with Crippen LogP contribution in [0.4, 0.5) is 0 Å². The van der Waals surface area contributed by atoms with Crippen molar-refractivity contribution < 1.29 is 4.74 Å². The van der Waals surface area contributed by atoms with Gasteiger partial charge in [0.1, 0.15) is 6.10 Å². The molecule has 0 saturated heterocycles. The summed E-state index contributed by atoms with van der Waals surface area (Å²) in [5, 5.41) is 1.94. The lowest BCUT2D eigenvalue weighted by Crippen LogP contribution is -2.04. The van der Waals surface area contributed by atoms with Crippen molar-refractivity contribution in [3.05, 3.63) is 70.4 Å². The number of hydrogen-bond donors (Lipinski definition) is 1. The molecule has 0 spiro atoms. The van der Waals surface area contributed by atoms with Crippen molar-refractivity contribution in [2.75, 3.05) is 7.11 Å². The molecule has 3 rings (SSSR count). The van der Waals surface area contributed by atoms with E-state index in [0.29, 0.717) is 0 Å². The minimum Gasteiger partial charge on any atom is -0.372 e. The normalized spacial score (nSPS) is 12.8. The van der Waals surface area contributed by atoms with Crippen molar-refractivity contribution in [3.8, 4) is 0 Å². The molecule has 0 amide bonds. The molecule has 0 bridgehead atoms. The van der Waals surface area contributed by atoms with Gasteiger partial charge in [-0.25, -0.2) is 0 Å². The number of methoxy groups -OCH3 is 1. The van der Waals surface area contributed by atoms with Gasteiger partial charge in [0, 0.05) is 34.3 Å². The quantitative estimate of drug-likeness (QED) is 0.730. The Morgan fingerprint density at radius 2 is 1.75 bits per heavy atom. The van der Waals surface area contributed by atoms with Crippen LogP contribution in [-0.2, 0) is 4.74 Å². The molecule has 0 aliphatic rings. The highest BCUT2D eigenvalue weighted by Crippen LogP contribution is 2.34. The van der Waals surface area contributed by atoms with Crippen LogP contribution in [0.1, 0.15) is 22.9 Å². The van der Waals surface area contributed by atoms with Crippen LogP contribution in [0.5, 0.6) is 0 Å². The highest BCUT2D eigenvalue weighted by Gasteiger charge is 2.20. The van der Waals surface area contributed by atoms with Gasteiger partial charge in [-0.2, -0.15) is 0 Å². The Hall–Kier alpha value is -1.77. The van der Waals surface area contributed by atoms with Crippen molar-refractivity contribution in [2.45, 2.75) is 13.0 Å². The summed E-state index contributed by atoms with van der Waals surface area (Å²) in [4.78, 5) is 3.42. The first-order valence-electron chi connectivity index (χ1n) is 6.56. The summed E-state index contributed by atoms with van der Waals surface area (Å²) in [6.07, 6.45) is -0.0941. The van der Waals surface area contributed by atoms with Gasteiger partial charge in [0.15, 0.2) is 0 Å². The number of aromatic amines is 1. The molecule has 2 nitrogen and oxygen atoms in total. The van der Waals surface area contributed by atoms with E-state index in [2.05, 4.69) is 24.0 Å². The van der Waals surface area contributed by atoms with Crippen LogP contribution in [0.15, 0.2) is 48.5 Å². The fraction of sp³-hybridized carbons (Fsp3) is 0.176. The van der Waals surface area contributed by atoms with Gasteiger partial charge >= 0.3 is 0 Å².